The summed E-state index contributed by atoms with van der Waals surface area (Å²) < 4.78 is 1.74. The Kier molecular flexibility index (Phi) is 2.60. The zero-order chi connectivity index (χ0) is 11.7. The number of rotatable bonds is 2. The van der Waals surface area contributed by atoms with Crippen LogP contribution in [0.5, 0.6) is 0 Å². The van der Waals surface area contributed by atoms with Crippen molar-refractivity contribution in [2.45, 2.75) is 13.8 Å². The third-order valence-electron chi connectivity index (χ3n) is 2.90. The van der Waals surface area contributed by atoms with Crippen molar-refractivity contribution in [3.8, 4) is 0 Å². The van der Waals surface area contributed by atoms with Crippen molar-refractivity contribution < 1.29 is 4.79 Å². The average molecular weight is 214 g/mol. The van der Waals surface area contributed by atoms with Gasteiger partial charge in [-0.05, 0) is 25.0 Å². The lowest BCUT2D eigenvalue weighted by Crippen LogP contribution is -2.08. The van der Waals surface area contributed by atoms with Crippen LogP contribution in [0.3, 0.4) is 0 Å². The summed E-state index contributed by atoms with van der Waals surface area (Å²) in [7, 11) is 1.82. The van der Waals surface area contributed by atoms with Crippen LogP contribution in [0.1, 0.15) is 27.2 Å². The number of carbonyl (C=O) groups is 1. The van der Waals surface area contributed by atoms with Crippen molar-refractivity contribution in [3.63, 3.8) is 0 Å². The van der Waals surface area contributed by atoms with Gasteiger partial charge in [-0.2, -0.15) is 0 Å². The minimum absolute atomic E-state index is 0.0289. The minimum Gasteiger partial charge on any atom is -0.331 e. The molecule has 1 heterocycles. The van der Waals surface area contributed by atoms with E-state index < -0.39 is 0 Å². The summed E-state index contributed by atoms with van der Waals surface area (Å²) in [5.41, 5.74) is 3.54. The molecule has 16 heavy (non-hydrogen) atoms. The monoisotopic (exact) mass is 214 g/mol. The van der Waals surface area contributed by atoms with Gasteiger partial charge in [0.25, 0.3) is 0 Å². The molecule has 3 nitrogen and oxygen atoms in total. The van der Waals surface area contributed by atoms with Crippen molar-refractivity contribution >= 4 is 5.78 Å². The normalized spacial score (nSPS) is 10.4. The molecule has 0 saturated carbocycles. The number of hydrogen-bond acceptors (Lipinski definition) is 2. The van der Waals surface area contributed by atoms with Gasteiger partial charge in [0.2, 0.25) is 5.78 Å². The second-order valence-corrected chi connectivity index (χ2v) is 3.97. The maximum absolute atomic E-state index is 12.2. The number of aryl methyl sites for hydroxylation is 2. The van der Waals surface area contributed by atoms with Crippen LogP contribution in [0.15, 0.2) is 30.7 Å². The molecule has 0 aliphatic heterocycles. The van der Waals surface area contributed by atoms with Gasteiger partial charge >= 0.3 is 0 Å². The molecule has 0 N–H and O–H groups in total. The van der Waals surface area contributed by atoms with Crippen molar-refractivity contribution in [1.29, 1.82) is 0 Å². The molecule has 0 radical (unpaired) electrons. The molecule has 0 unspecified atom stereocenters. The van der Waals surface area contributed by atoms with E-state index in [4.69, 9.17) is 0 Å². The molecule has 0 aliphatic carbocycles. The summed E-state index contributed by atoms with van der Waals surface area (Å²) in [5.74, 6) is 0.0289. The Labute approximate surface area is 94.7 Å². The third kappa shape index (κ3) is 1.65. The van der Waals surface area contributed by atoms with Crippen LogP contribution in [0.4, 0.5) is 0 Å². The van der Waals surface area contributed by atoms with Crippen LogP contribution in [0, 0.1) is 13.8 Å². The molecular formula is C13H14N2O. The molecule has 2 aromatic rings. The molecule has 0 spiro atoms. The van der Waals surface area contributed by atoms with Crippen molar-refractivity contribution in [2.75, 3.05) is 0 Å². The predicted octanol–water partition coefficient (Wildman–Crippen LogP) is 2.27. The predicted molar refractivity (Wildman–Crippen MR) is 62.6 cm³/mol. The molecule has 0 amide bonds. The Hall–Kier alpha value is -1.90. The highest BCUT2D eigenvalue weighted by atomic mass is 16.1. The molecule has 3 heteroatoms. The van der Waals surface area contributed by atoms with Gasteiger partial charge in [-0.3, -0.25) is 4.79 Å². The van der Waals surface area contributed by atoms with Crippen LogP contribution in [-0.2, 0) is 7.05 Å². The van der Waals surface area contributed by atoms with Gasteiger partial charge in [-0.25, -0.2) is 4.98 Å². The molecule has 2 rings (SSSR count). The van der Waals surface area contributed by atoms with Crippen LogP contribution < -0.4 is 0 Å². The highest BCUT2D eigenvalue weighted by Crippen LogP contribution is 2.16. The van der Waals surface area contributed by atoms with Gasteiger partial charge in [-0.1, -0.05) is 18.2 Å². The van der Waals surface area contributed by atoms with E-state index in [0.29, 0.717) is 5.69 Å². The number of imidazole rings is 1. The molecule has 0 saturated heterocycles. The zero-order valence-electron chi connectivity index (χ0n) is 9.69. The summed E-state index contributed by atoms with van der Waals surface area (Å²) >= 11 is 0. The standard InChI is InChI=1S/C13H14N2O/c1-9-5-4-6-11(10(9)2)13(16)12-7-14-8-15(12)3/h4-8H,1-3H3. The lowest BCUT2D eigenvalue weighted by atomic mass is 9.99. The number of ketones is 1. The van der Waals surface area contributed by atoms with Gasteiger partial charge in [-0.15, -0.1) is 0 Å². The van der Waals surface area contributed by atoms with E-state index >= 15 is 0 Å². The molecule has 82 valence electrons. The smallest absolute Gasteiger partial charge is 0.211 e. The fourth-order valence-electron chi connectivity index (χ4n) is 1.71. The fraction of sp³-hybridized carbons (Fsp3) is 0.231. The average Bonchev–Trinajstić information content (AvgIpc) is 2.68. The number of nitrogens with zero attached hydrogens (tertiary/aromatic N) is 2. The van der Waals surface area contributed by atoms with Gasteiger partial charge in [0, 0.05) is 12.6 Å². The topological polar surface area (TPSA) is 34.9 Å². The lowest BCUT2D eigenvalue weighted by molar-refractivity contribution is 0.103. The second kappa shape index (κ2) is 3.93. The van der Waals surface area contributed by atoms with Gasteiger partial charge < -0.3 is 4.57 Å². The summed E-state index contributed by atoms with van der Waals surface area (Å²) in [6.45, 7) is 3.98. The van der Waals surface area contributed by atoms with E-state index in [1.807, 2.05) is 39.1 Å². The van der Waals surface area contributed by atoms with Crippen molar-refractivity contribution in [3.05, 3.63) is 53.1 Å². The van der Waals surface area contributed by atoms with Gasteiger partial charge in [0.15, 0.2) is 0 Å². The first kappa shape index (κ1) is 10.6. The first-order chi connectivity index (χ1) is 7.61. The van der Waals surface area contributed by atoms with Crippen LogP contribution in [0.2, 0.25) is 0 Å². The highest BCUT2D eigenvalue weighted by Gasteiger charge is 2.15. The number of hydrogen-bond donors (Lipinski definition) is 0. The second-order valence-electron chi connectivity index (χ2n) is 3.97. The Morgan fingerprint density at radius 2 is 2.06 bits per heavy atom. The Morgan fingerprint density at radius 1 is 1.31 bits per heavy atom. The van der Waals surface area contributed by atoms with E-state index in [-0.39, 0.29) is 5.78 Å². The first-order valence-corrected chi connectivity index (χ1v) is 5.18. The summed E-state index contributed by atoms with van der Waals surface area (Å²) in [5, 5.41) is 0. The Balaban J connectivity index is 2.50. The molecule has 0 bridgehead atoms. The highest BCUT2D eigenvalue weighted by molar-refractivity contribution is 6.08. The molecule has 0 fully saturated rings. The van der Waals surface area contributed by atoms with E-state index in [9.17, 15) is 4.79 Å². The lowest BCUT2D eigenvalue weighted by Gasteiger charge is -2.07. The maximum atomic E-state index is 12.2. The molecular weight excluding hydrogens is 200 g/mol. The SMILES string of the molecule is Cc1cccc(C(=O)c2cncn2C)c1C. The van der Waals surface area contributed by atoms with E-state index in [2.05, 4.69) is 4.98 Å². The Bertz CT molecular complexity index is 541. The third-order valence-corrected chi connectivity index (χ3v) is 2.90. The van der Waals surface area contributed by atoms with Gasteiger partial charge in [0.05, 0.1) is 12.5 Å². The number of benzene rings is 1. The van der Waals surface area contributed by atoms with Gasteiger partial charge in [0.1, 0.15) is 5.69 Å². The Morgan fingerprint density at radius 3 is 2.69 bits per heavy atom. The number of carbonyl (C=O) groups excluding carboxylic acids is 1. The summed E-state index contributed by atoms with van der Waals surface area (Å²) in [6, 6.07) is 5.78. The summed E-state index contributed by atoms with van der Waals surface area (Å²) in [4.78, 5) is 16.2. The molecule has 0 atom stereocenters. The van der Waals surface area contributed by atoms with Crippen molar-refractivity contribution in [1.82, 2.24) is 9.55 Å². The van der Waals surface area contributed by atoms with E-state index in [0.717, 1.165) is 16.7 Å². The zero-order valence-corrected chi connectivity index (χ0v) is 9.69. The van der Waals surface area contributed by atoms with E-state index in [1.165, 1.54) is 0 Å². The maximum Gasteiger partial charge on any atom is 0.211 e. The molecule has 1 aromatic carbocycles. The van der Waals surface area contributed by atoms with Crippen LogP contribution in [-0.4, -0.2) is 15.3 Å². The fourth-order valence-corrected chi connectivity index (χ4v) is 1.71. The van der Waals surface area contributed by atoms with Crippen LogP contribution in [0.25, 0.3) is 0 Å². The molecule has 0 aliphatic rings. The quantitative estimate of drug-likeness (QED) is 0.719. The summed E-state index contributed by atoms with van der Waals surface area (Å²) in [6.07, 6.45) is 3.24. The first-order valence-electron chi connectivity index (χ1n) is 5.18. The minimum atomic E-state index is 0.0289. The molecule has 1 aromatic heterocycles. The van der Waals surface area contributed by atoms with E-state index in [1.54, 1.807) is 17.1 Å². The number of aromatic nitrogens is 2. The van der Waals surface area contributed by atoms with Crippen molar-refractivity contribution in [2.24, 2.45) is 7.05 Å². The largest absolute Gasteiger partial charge is 0.331 e. The van der Waals surface area contributed by atoms with Crippen LogP contribution >= 0.6 is 0 Å².